The zero-order chi connectivity index (χ0) is 17.2. The summed E-state index contributed by atoms with van der Waals surface area (Å²) in [7, 11) is 0. The van der Waals surface area contributed by atoms with Crippen LogP contribution < -0.4 is 0 Å². The number of unbranched alkanes of at least 4 members (excludes halogenated alkanes) is 4. The topological polar surface area (TPSA) is 37.3 Å². The summed E-state index contributed by atoms with van der Waals surface area (Å²) in [5.41, 5.74) is 0. The highest BCUT2D eigenvalue weighted by Crippen LogP contribution is 2.01. The van der Waals surface area contributed by atoms with Gasteiger partial charge >= 0.3 is 5.97 Å². The summed E-state index contributed by atoms with van der Waals surface area (Å²) in [5, 5.41) is 8.50. The standard InChI is InChI=1S/C20H32O2/c1-2-3-4-5-6-7-8-9-10-11-12-13-14-15-16-17-18-19-20(21)22/h6-7,9-10,12-13,15-16H,2-5,8,11,14,17-19H2,1H3,(H,21,22)/b7-6-,10-9-,13-12-,16-15-/i8D/t8-/m0/s1. The van der Waals surface area contributed by atoms with Crippen molar-refractivity contribution in [3.05, 3.63) is 48.6 Å². The van der Waals surface area contributed by atoms with E-state index in [-0.39, 0.29) is 12.8 Å². The average molecular weight is 305 g/mol. The molecular weight excluding hydrogens is 272 g/mol. The van der Waals surface area contributed by atoms with Crippen molar-refractivity contribution in [2.24, 2.45) is 0 Å². The maximum atomic E-state index is 10.3. The number of rotatable bonds is 14. The van der Waals surface area contributed by atoms with Gasteiger partial charge in [-0.05, 0) is 44.9 Å². The lowest BCUT2D eigenvalue weighted by Gasteiger charge is -1.90. The second kappa shape index (κ2) is 17.5. The molecule has 0 aliphatic carbocycles. The average Bonchev–Trinajstić information content (AvgIpc) is 2.52. The third-order valence-corrected chi connectivity index (χ3v) is 3.11. The first kappa shape index (κ1) is 18.5. The Bertz CT molecular complexity index is 394. The second-order valence-corrected chi connectivity index (χ2v) is 5.24. The molecule has 2 heteroatoms. The highest BCUT2D eigenvalue weighted by Gasteiger charge is 1.92. The van der Waals surface area contributed by atoms with Gasteiger partial charge in [0.15, 0.2) is 0 Å². The van der Waals surface area contributed by atoms with Crippen LogP contribution in [-0.4, -0.2) is 11.1 Å². The van der Waals surface area contributed by atoms with Crippen molar-refractivity contribution in [2.75, 3.05) is 0 Å². The second-order valence-electron chi connectivity index (χ2n) is 5.24. The Labute approximate surface area is 137 Å². The molecule has 0 rings (SSSR count). The van der Waals surface area contributed by atoms with E-state index in [1.807, 2.05) is 24.3 Å². The van der Waals surface area contributed by atoms with Gasteiger partial charge in [0, 0.05) is 7.79 Å². The quantitative estimate of drug-likeness (QED) is 0.306. The fourth-order valence-corrected chi connectivity index (χ4v) is 1.84. The van der Waals surface area contributed by atoms with Gasteiger partial charge in [-0.2, -0.15) is 0 Å². The molecule has 0 aromatic rings. The van der Waals surface area contributed by atoms with E-state index in [2.05, 4.69) is 31.2 Å². The molecule has 0 amide bonds. The molecule has 1 atom stereocenters. The Morgan fingerprint density at radius 3 is 2.09 bits per heavy atom. The van der Waals surface area contributed by atoms with E-state index in [0.29, 0.717) is 6.42 Å². The molecule has 0 radical (unpaired) electrons. The van der Waals surface area contributed by atoms with Crippen LogP contribution >= 0.6 is 0 Å². The van der Waals surface area contributed by atoms with Gasteiger partial charge < -0.3 is 5.11 Å². The minimum absolute atomic E-state index is 0.237. The first-order valence-corrected chi connectivity index (χ1v) is 8.44. The predicted octanol–water partition coefficient (Wildman–Crippen LogP) is 6.22. The Morgan fingerprint density at radius 2 is 1.41 bits per heavy atom. The molecule has 0 fully saturated rings. The van der Waals surface area contributed by atoms with Crippen LogP contribution in [0.2, 0.25) is 0 Å². The molecule has 0 bridgehead atoms. The molecule has 22 heavy (non-hydrogen) atoms. The summed E-state index contributed by atoms with van der Waals surface area (Å²) in [6.07, 6.45) is 24.4. The van der Waals surface area contributed by atoms with Gasteiger partial charge in [-0.1, -0.05) is 68.4 Å². The van der Waals surface area contributed by atoms with Crippen molar-refractivity contribution in [1.82, 2.24) is 0 Å². The first-order chi connectivity index (χ1) is 11.2. The van der Waals surface area contributed by atoms with Crippen molar-refractivity contribution >= 4 is 5.97 Å². The minimum Gasteiger partial charge on any atom is -0.481 e. The van der Waals surface area contributed by atoms with Gasteiger partial charge in [0.1, 0.15) is 0 Å². The Hall–Kier alpha value is -1.57. The van der Waals surface area contributed by atoms with Crippen LogP contribution in [0.5, 0.6) is 0 Å². The van der Waals surface area contributed by atoms with Crippen LogP contribution in [0, 0.1) is 0 Å². The molecule has 0 aliphatic heterocycles. The van der Waals surface area contributed by atoms with Gasteiger partial charge in [-0.3, -0.25) is 4.79 Å². The SMILES string of the molecule is [2H][C@H](/C=C\C/C=C\C/C=C\CCCC(=O)O)/C=C\CCCCC. The maximum Gasteiger partial charge on any atom is 0.303 e. The lowest BCUT2D eigenvalue weighted by molar-refractivity contribution is -0.137. The maximum absolute atomic E-state index is 10.3. The van der Waals surface area contributed by atoms with Crippen LogP contribution in [0.25, 0.3) is 0 Å². The van der Waals surface area contributed by atoms with Crippen molar-refractivity contribution in [2.45, 2.75) is 71.1 Å². The number of hydrogen-bond donors (Lipinski definition) is 1. The molecule has 1 N–H and O–H groups in total. The molecule has 0 aromatic heterocycles. The summed E-state index contributed by atoms with van der Waals surface area (Å²) in [5.74, 6) is -0.728. The molecule has 0 unspecified atom stereocenters. The molecule has 0 heterocycles. The number of carbonyl (C=O) groups is 1. The smallest absolute Gasteiger partial charge is 0.303 e. The zero-order valence-electron chi connectivity index (χ0n) is 14.9. The summed E-state index contributed by atoms with van der Waals surface area (Å²) >= 11 is 0. The monoisotopic (exact) mass is 305 g/mol. The fraction of sp³-hybridized carbons (Fsp3) is 0.550. The number of carboxylic acids is 1. The van der Waals surface area contributed by atoms with Crippen molar-refractivity contribution < 1.29 is 11.3 Å². The molecule has 124 valence electrons. The number of allylic oxidation sites excluding steroid dienone is 8. The van der Waals surface area contributed by atoms with E-state index in [9.17, 15) is 4.79 Å². The van der Waals surface area contributed by atoms with E-state index in [0.717, 1.165) is 25.7 Å². The largest absolute Gasteiger partial charge is 0.481 e. The fourth-order valence-electron chi connectivity index (χ4n) is 1.84. The lowest BCUT2D eigenvalue weighted by atomic mass is 10.2. The zero-order valence-corrected chi connectivity index (χ0v) is 13.9. The molecule has 0 saturated carbocycles. The Morgan fingerprint density at radius 1 is 0.864 bits per heavy atom. The third kappa shape index (κ3) is 18.4. The number of aliphatic carboxylic acids is 1. The van der Waals surface area contributed by atoms with E-state index >= 15 is 0 Å². The van der Waals surface area contributed by atoms with Crippen LogP contribution in [0.15, 0.2) is 48.6 Å². The predicted molar refractivity (Wildman–Crippen MR) is 96.0 cm³/mol. The molecule has 0 spiro atoms. The molecule has 0 aromatic carbocycles. The van der Waals surface area contributed by atoms with Crippen molar-refractivity contribution in [3.63, 3.8) is 0 Å². The van der Waals surface area contributed by atoms with E-state index in [1.54, 1.807) is 0 Å². The van der Waals surface area contributed by atoms with E-state index in [4.69, 9.17) is 6.48 Å². The van der Waals surface area contributed by atoms with Crippen LogP contribution in [-0.2, 0) is 4.79 Å². The molecule has 2 nitrogen and oxygen atoms in total. The van der Waals surface area contributed by atoms with Crippen molar-refractivity contribution in [1.29, 1.82) is 0 Å². The summed E-state index contributed by atoms with van der Waals surface area (Å²) in [6, 6.07) is 0. The Balaban J connectivity index is 3.60. The van der Waals surface area contributed by atoms with Crippen LogP contribution in [0.1, 0.15) is 72.5 Å². The van der Waals surface area contributed by atoms with Gasteiger partial charge in [0.25, 0.3) is 0 Å². The summed E-state index contributed by atoms with van der Waals surface area (Å²) < 4.78 is 7.84. The van der Waals surface area contributed by atoms with Crippen LogP contribution in [0.3, 0.4) is 0 Å². The Kier molecular flexibility index (Phi) is 14.7. The third-order valence-electron chi connectivity index (χ3n) is 3.11. The van der Waals surface area contributed by atoms with Gasteiger partial charge in [0.2, 0.25) is 0 Å². The highest BCUT2D eigenvalue weighted by molar-refractivity contribution is 5.66. The van der Waals surface area contributed by atoms with E-state index in [1.165, 1.54) is 19.3 Å². The minimum atomic E-state index is -0.728. The lowest BCUT2D eigenvalue weighted by Crippen LogP contribution is -1.92. The number of carboxylic acid groups (broad SMARTS) is 1. The highest BCUT2D eigenvalue weighted by atomic mass is 16.4. The van der Waals surface area contributed by atoms with E-state index < -0.39 is 5.97 Å². The van der Waals surface area contributed by atoms with Crippen LogP contribution in [0.4, 0.5) is 0 Å². The molecule has 0 saturated heterocycles. The molecule has 0 aliphatic rings. The van der Waals surface area contributed by atoms with Gasteiger partial charge in [0.05, 0.1) is 0 Å². The van der Waals surface area contributed by atoms with Crippen molar-refractivity contribution in [3.8, 4) is 0 Å². The first-order valence-electron chi connectivity index (χ1n) is 9.02. The summed E-state index contributed by atoms with van der Waals surface area (Å²) in [4.78, 5) is 10.3. The molecular formula is C20H32O2. The van der Waals surface area contributed by atoms with Gasteiger partial charge in [-0.25, -0.2) is 0 Å². The number of hydrogen-bond acceptors (Lipinski definition) is 1. The van der Waals surface area contributed by atoms with Gasteiger partial charge in [-0.15, -0.1) is 0 Å². The summed E-state index contributed by atoms with van der Waals surface area (Å²) in [6.45, 7) is 2.20. The normalized spacial score (nSPS) is 14.5.